The van der Waals surface area contributed by atoms with Crippen molar-refractivity contribution >= 4 is 16.6 Å². The molecule has 1 aliphatic rings. The fraction of sp³-hybridized carbons (Fsp3) is 0.879. The first-order chi connectivity index (χ1) is 18.6. The van der Waals surface area contributed by atoms with Gasteiger partial charge in [0, 0.05) is 25.4 Å². The third-order valence-corrected chi connectivity index (χ3v) is 19.3. The highest BCUT2D eigenvalue weighted by molar-refractivity contribution is 6.74. The Hall–Kier alpha value is -0.466. The Kier molecular flexibility index (Phi) is 14.9. The first-order valence-electron chi connectivity index (χ1n) is 16.0. The third kappa shape index (κ3) is 9.02. The first kappa shape index (κ1) is 37.6. The maximum Gasteiger partial charge on any atom is 0.192 e. The summed E-state index contributed by atoms with van der Waals surface area (Å²) in [7, 11) is -2.29. The molecule has 0 spiro atoms. The van der Waals surface area contributed by atoms with Crippen LogP contribution in [0.15, 0.2) is 12.7 Å². The molecule has 0 bridgehead atoms. The molecular formula is C33H64O5Si2. The molecule has 0 N–H and O–H groups in total. The van der Waals surface area contributed by atoms with Crippen molar-refractivity contribution in [1.29, 1.82) is 0 Å². The Bertz CT molecular complexity index is 783. The summed E-state index contributed by atoms with van der Waals surface area (Å²) in [6.07, 6.45) is 8.02. The van der Waals surface area contributed by atoms with Gasteiger partial charge >= 0.3 is 0 Å². The van der Waals surface area contributed by atoms with Gasteiger partial charge in [-0.2, -0.15) is 0 Å². The molecule has 0 aromatic carbocycles. The van der Waals surface area contributed by atoms with Gasteiger partial charge in [-0.25, -0.2) is 0 Å². The van der Waals surface area contributed by atoms with Gasteiger partial charge in [-0.1, -0.05) is 67.4 Å². The van der Waals surface area contributed by atoms with E-state index in [0.29, 0.717) is 6.42 Å². The zero-order chi connectivity index (χ0) is 30.9. The van der Waals surface area contributed by atoms with Gasteiger partial charge in [-0.05, 0) is 64.0 Å². The molecule has 7 heteroatoms. The van der Waals surface area contributed by atoms with Gasteiger partial charge in [0.2, 0.25) is 0 Å². The van der Waals surface area contributed by atoms with Crippen molar-refractivity contribution in [2.45, 2.75) is 162 Å². The molecule has 1 rings (SSSR count). The molecule has 7 atom stereocenters. The van der Waals surface area contributed by atoms with E-state index in [-0.39, 0.29) is 42.4 Å². The molecule has 0 saturated carbocycles. The van der Waals surface area contributed by atoms with Crippen LogP contribution in [0.2, 0.25) is 36.3 Å². The van der Waals surface area contributed by atoms with Gasteiger partial charge in [0.1, 0.15) is 0 Å². The minimum absolute atomic E-state index is 0.00745. The number of ether oxygens (including phenoxy) is 3. The number of terminal acetylenes is 1. The van der Waals surface area contributed by atoms with Crippen LogP contribution in [0.1, 0.15) is 89.5 Å². The normalized spacial score (nSPS) is 25.1. The molecule has 1 saturated heterocycles. The lowest BCUT2D eigenvalue weighted by atomic mass is 9.80. The molecule has 0 aromatic rings. The van der Waals surface area contributed by atoms with E-state index in [1.54, 1.807) is 7.11 Å². The van der Waals surface area contributed by atoms with E-state index in [9.17, 15) is 0 Å². The molecular weight excluding hydrogens is 533 g/mol. The highest BCUT2D eigenvalue weighted by Gasteiger charge is 2.50. The van der Waals surface area contributed by atoms with Crippen LogP contribution >= 0.6 is 0 Å². The lowest BCUT2D eigenvalue weighted by molar-refractivity contribution is -0.328. The van der Waals surface area contributed by atoms with Crippen molar-refractivity contribution < 1.29 is 23.1 Å². The second-order valence-electron chi connectivity index (χ2n) is 13.1. The SMILES string of the molecule is C#CC(C)(C)[C@@H](O[Si](CC)(CC)CC)[C@H](O[Si](CC)(CC)CC)[C@H](C[C@@H]1OC(C)(C)O[C@H]([C@H](C)C=C)[C@H]1C)OC. The van der Waals surface area contributed by atoms with Crippen LogP contribution in [-0.2, 0) is 23.1 Å². The van der Waals surface area contributed by atoms with Gasteiger partial charge in [-0.3, -0.25) is 0 Å². The Labute approximate surface area is 250 Å². The zero-order valence-electron chi connectivity index (χ0n) is 28.4. The van der Waals surface area contributed by atoms with E-state index in [0.717, 1.165) is 36.3 Å². The van der Waals surface area contributed by atoms with Crippen LogP contribution in [0.25, 0.3) is 0 Å². The van der Waals surface area contributed by atoms with Crippen molar-refractivity contribution in [3.63, 3.8) is 0 Å². The van der Waals surface area contributed by atoms with Gasteiger partial charge in [-0.15, -0.1) is 13.0 Å². The number of hydrogen-bond acceptors (Lipinski definition) is 5. The lowest BCUT2D eigenvalue weighted by Crippen LogP contribution is -2.59. The molecule has 1 aliphatic heterocycles. The summed E-state index contributed by atoms with van der Waals surface area (Å²) < 4.78 is 34.1. The molecule has 1 fully saturated rings. The zero-order valence-corrected chi connectivity index (χ0v) is 30.4. The first-order valence-corrected chi connectivity index (χ1v) is 21.0. The largest absolute Gasteiger partial charge is 0.410 e. The summed E-state index contributed by atoms with van der Waals surface area (Å²) in [4.78, 5) is 0. The average molecular weight is 597 g/mol. The molecule has 5 nitrogen and oxygen atoms in total. The molecule has 0 unspecified atom stereocenters. The van der Waals surface area contributed by atoms with E-state index >= 15 is 0 Å². The van der Waals surface area contributed by atoms with Crippen molar-refractivity contribution in [3.8, 4) is 12.3 Å². The van der Waals surface area contributed by atoms with Crippen molar-refractivity contribution in [2.75, 3.05) is 7.11 Å². The standard InChI is InChI=1S/C33H64O5Si2/c1-16-25(9)29-26(10)27(35-33(13,14)36-29)24-28(34-15)30(37-39(18-3,19-4)20-5)31(32(11,12)17-2)38-40(21-6,22-7)23-8/h2,16,25-31H,1,18-24H2,3-15H3/t25-,26+,27+,28+,29-,30-,31+/m1/s1. The predicted molar refractivity (Wildman–Crippen MR) is 175 cm³/mol. The van der Waals surface area contributed by atoms with E-state index in [2.05, 4.69) is 81.7 Å². The van der Waals surface area contributed by atoms with E-state index in [4.69, 9.17) is 29.5 Å². The highest BCUT2D eigenvalue weighted by Crippen LogP contribution is 2.41. The van der Waals surface area contributed by atoms with Gasteiger partial charge in [0.05, 0.1) is 35.9 Å². The second kappa shape index (κ2) is 15.8. The predicted octanol–water partition coefficient (Wildman–Crippen LogP) is 8.81. The highest BCUT2D eigenvalue weighted by atomic mass is 28.4. The summed E-state index contributed by atoms with van der Waals surface area (Å²) in [6, 6.07) is 6.29. The Morgan fingerprint density at radius 3 is 1.82 bits per heavy atom. The van der Waals surface area contributed by atoms with Crippen LogP contribution in [0, 0.1) is 29.6 Å². The van der Waals surface area contributed by atoms with Crippen LogP contribution in [0.4, 0.5) is 0 Å². The number of methoxy groups -OCH3 is 1. The van der Waals surface area contributed by atoms with E-state index < -0.39 is 27.8 Å². The second-order valence-corrected chi connectivity index (χ2v) is 22.5. The monoisotopic (exact) mass is 596 g/mol. The van der Waals surface area contributed by atoms with E-state index in [1.165, 1.54) is 0 Å². The molecule has 1 heterocycles. The summed E-state index contributed by atoms with van der Waals surface area (Å²) in [5, 5.41) is 0. The maximum atomic E-state index is 7.41. The third-order valence-electron chi connectivity index (χ3n) is 9.99. The molecule has 0 aromatic heterocycles. The van der Waals surface area contributed by atoms with Crippen LogP contribution in [-0.4, -0.2) is 60.1 Å². The topological polar surface area (TPSA) is 46.2 Å². The van der Waals surface area contributed by atoms with Crippen LogP contribution < -0.4 is 0 Å². The molecule has 40 heavy (non-hydrogen) atoms. The fourth-order valence-electron chi connectivity index (χ4n) is 6.32. The minimum Gasteiger partial charge on any atom is -0.410 e. The summed E-state index contributed by atoms with van der Waals surface area (Å²) in [5.74, 6) is 2.76. The summed E-state index contributed by atoms with van der Waals surface area (Å²) in [5.41, 5.74) is -0.532. The molecule has 0 amide bonds. The van der Waals surface area contributed by atoms with Gasteiger partial charge < -0.3 is 23.1 Å². The Morgan fingerprint density at radius 1 is 0.950 bits per heavy atom. The summed E-state index contributed by atoms with van der Waals surface area (Å²) in [6.45, 7) is 30.3. The number of hydrogen-bond donors (Lipinski definition) is 0. The Balaban J connectivity index is 3.71. The van der Waals surface area contributed by atoms with Crippen molar-refractivity contribution in [1.82, 2.24) is 0 Å². The van der Waals surface area contributed by atoms with Crippen molar-refractivity contribution in [2.24, 2.45) is 17.3 Å². The number of rotatable bonds is 18. The van der Waals surface area contributed by atoms with E-state index in [1.807, 2.05) is 19.9 Å². The lowest BCUT2D eigenvalue weighted by Gasteiger charge is -2.50. The average Bonchev–Trinajstić information content (AvgIpc) is 2.95. The maximum absolute atomic E-state index is 7.41. The van der Waals surface area contributed by atoms with Crippen molar-refractivity contribution in [3.05, 3.63) is 12.7 Å². The molecule has 0 radical (unpaired) electrons. The fourth-order valence-corrected chi connectivity index (χ4v) is 12.1. The molecule has 234 valence electrons. The van der Waals surface area contributed by atoms with Gasteiger partial charge in [0.25, 0.3) is 0 Å². The smallest absolute Gasteiger partial charge is 0.192 e. The molecule has 0 aliphatic carbocycles. The van der Waals surface area contributed by atoms with Gasteiger partial charge in [0.15, 0.2) is 22.4 Å². The summed E-state index contributed by atoms with van der Waals surface area (Å²) >= 11 is 0. The quantitative estimate of drug-likeness (QED) is 0.0899. The minimum atomic E-state index is -2.06. The van der Waals surface area contributed by atoms with Crippen LogP contribution in [0.5, 0.6) is 0 Å². The Morgan fingerprint density at radius 2 is 1.43 bits per heavy atom. The van der Waals surface area contributed by atoms with Crippen LogP contribution in [0.3, 0.4) is 0 Å².